The molecule has 1 aliphatic rings. The topological polar surface area (TPSA) is 33.3 Å². The molecule has 0 fully saturated rings. The molecule has 0 bridgehead atoms. The van der Waals surface area contributed by atoms with Gasteiger partial charge >= 0.3 is 0 Å². The van der Waals surface area contributed by atoms with Crippen molar-refractivity contribution in [2.75, 3.05) is 39.4 Å². The van der Waals surface area contributed by atoms with Crippen molar-refractivity contribution in [2.45, 2.75) is 6.42 Å². The van der Waals surface area contributed by atoms with Gasteiger partial charge in [0.15, 0.2) is 0 Å². The predicted molar refractivity (Wildman–Crippen MR) is 50.3 cm³/mol. The van der Waals surface area contributed by atoms with E-state index < -0.39 is 0 Å². The van der Waals surface area contributed by atoms with E-state index in [0.29, 0.717) is 0 Å². The summed E-state index contributed by atoms with van der Waals surface area (Å²) in [5.41, 5.74) is 0. The van der Waals surface area contributed by atoms with Crippen molar-refractivity contribution in [1.29, 1.82) is 0 Å². The Bertz CT molecular complexity index is 112. The van der Waals surface area contributed by atoms with Gasteiger partial charge in [0.05, 0.1) is 13.2 Å². The standard InChI is InChI=1S/C9H18N2O/c1-2-4-10-5-6-11-7-9-12-8-3-1/h1-2,10-11H,3-9H2. The van der Waals surface area contributed by atoms with Crippen molar-refractivity contribution in [3.8, 4) is 0 Å². The molecule has 0 saturated carbocycles. The van der Waals surface area contributed by atoms with E-state index in [2.05, 4.69) is 22.8 Å². The minimum Gasteiger partial charge on any atom is -0.380 e. The second-order valence-electron chi connectivity index (χ2n) is 2.83. The van der Waals surface area contributed by atoms with Gasteiger partial charge in [0, 0.05) is 26.2 Å². The first-order valence-electron chi connectivity index (χ1n) is 4.64. The van der Waals surface area contributed by atoms with E-state index in [1.54, 1.807) is 0 Å². The third-order valence-corrected chi connectivity index (χ3v) is 1.76. The van der Waals surface area contributed by atoms with E-state index >= 15 is 0 Å². The normalized spacial score (nSPS) is 22.7. The molecule has 70 valence electrons. The van der Waals surface area contributed by atoms with Crippen molar-refractivity contribution < 1.29 is 4.74 Å². The summed E-state index contributed by atoms with van der Waals surface area (Å²) < 4.78 is 5.37. The van der Waals surface area contributed by atoms with Crippen LogP contribution in [0.4, 0.5) is 0 Å². The minimum absolute atomic E-state index is 0.827. The third-order valence-electron chi connectivity index (χ3n) is 1.76. The Morgan fingerprint density at radius 2 is 1.83 bits per heavy atom. The minimum atomic E-state index is 0.827. The van der Waals surface area contributed by atoms with Gasteiger partial charge in [-0.2, -0.15) is 0 Å². The van der Waals surface area contributed by atoms with E-state index in [4.69, 9.17) is 4.74 Å². The van der Waals surface area contributed by atoms with Crippen LogP contribution in [-0.2, 0) is 4.74 Å². The van der Waals surface area contributed by atoms with Gasteiger partial charge in [-0.25, -0.2) is 0 Å². The Kier molecular flexibility index (Phi) is 5.89. The maximum atomic E-state index is 5.37. The quantitative estimate of drug-likeness (QED) is 0.507. The fourth-order valence-corrected chi connectivity index (χ4v) is 1.09. The van der Waals surface area contributed by atoms with Crippen LogP contribution in [-0.4, -0.2) is 39.4 Å². The molecule has 0 spiro atoms. The zero-order valence-electron chi connectivity index (χ0n) is 7.51. The summed E-state index contributed by atoms with van der Waals surface area (Å²) in [6.07, 6.45) is 5.36. The summed E-state index contributed by atoms with van der Waals surface area (Å²) in [5, 5.41) is 6.60. The summed E-state index contributed by atoms with van der Waals surface area (Å²) in [7, 11) is 0. The van der Waals surface area contributed by atoms with Crippen LogP contribution in [0.15, 0.2) is 12.2 Å². The number of rotatable bonds is 0. The molecule has 1 heterocycles. The van der Waals surface area contributed by atoms with E-state index in [9.17, 15) is 0 Å². The average molecular weight is 170 g/mol. The van der Waals surface area contributed by atoms with E-state index in [0.717, 1.165) is 45.8 Å². The van der Waals surface area contributed by atoms with Gasteiger partial charge in [0.1, 0.15) is 0 Å². The second-order valence-corrected chi connectivity index (χ2v) is 2.83. The SMILES string of the molecule is C1=CCNCCNCCOCC1. The van der Waals surface area contributed by atoms with Crippen LogP contribution in [0.25, 0.3) is 0 Å². The fraction of sp³-hybridized carbons (Fsp3) is 0.778. The maximum Gasteiger partial charge on any atom is 0.0591 e. The zero-order valence-corrected chi connectivity index (χ0v) is 7.51. The second kappa shape index (κ2) is 7.28. The highest BCUT2D eigenvalue weighted by atomic mass is 16.5. The number of nitrogens with one attached hydrogen (secondary N) is 2. The Balaban J connectivity index is 2.10. The lowest BCUT2D eigenvalue weighted by Crippen LogP contribution is -2.30. The molecule has 0 aromatic heterocycles. The predicted octanol–water partition coefficient (Wildman–Crippen LogP) is 0.142. The Morgan fingerprint density at radius 3 is 2.83 bits per heavy atom. The lowest BCUT2D eigenvalue weighted by atomic mass is 10.4. The van der Waals surface area contributed by atoms with Crippen LogP contribution in [0.1, 0.15) is 6.42 Å². The molecule has 2 N–H and O–H groups in total. The summed E-state index contributed by atoms with van der Waals surface area (Å²) in [4.78, 5) is 0. The number of hydrogen-bond acceptors (Lipinski definition) is 3. The fourth-order valence-electron chi connectivity index (χ4n) is 1.09. The van der Waals surface area contributed by atoms with Gasteiger partial charge in [0.25, 0.3) is 0 Å². The highest BCUT2D eigenvalue weighted by Crippen LogP contribution is 1.85. The van der Waals surface area contributed by atoms with Gasteiger partial charge in [-0.05, 0) is 6.42 Å². The molecule has 3 heteroatoms. The Morgan fingerprint density at radius 1 is 0.917 bits per heavy atom. The van der Waals surface area contributed by atoms with Crippen molar-refractivity contribution in [1.82, 2.24) is 10.6 Å². The lowest BCUT2D eigenvalue weighted by Gasteiger charge is -2.07. The molecule has 0 atom stereocenters. The van der Waals surface area contributed by atoms with Gasteiger partial charge < -0.3 is 15.4 Å². The summed E-state index contributed by atoms with van der Waals surface area (Å²) in [6.45, 7) is 5.67. The molecule has 1 aliphatic heterocycles. The summed E-state index contributed by atoms with van der Waals surface area (Å²) >= 11 is 0. The van der Waals surface area contributed by atoms with Crippen molar-refractivity contribution >= 4 is 0 Å². The van der Waals surface area contributed by atoms with Gasteiger partial charge in [-0.15, -0.1) is 0 Å². The molecular weight excluding hydrogens is 152 g/mol. The first kappa shape index (κ1) is 9.71. The Hall–Kier alpha value is -0.380. The monoisotopic (exact) mass is 170 g/mol. The number of ether oxygens (including phenoxy) is 1. The van der Waals surface area contributed by atoms with Crippen LogP contribution in [0.2, 0.25) is 0 Å². The van der Waals surface area contributed by atoms with Gasteiger partial charge in [-0.3, -0.25) is 0 Å². The zero-order chi connectivity index (χ0) is 8.49. The van der Waals surface area contributed by atoms with Gasteiger partial charge in [-0.1, -0.05) is 12.2 Å². The van der Waals surface area contributed by atoms with Crippen molar-refractivity contribution in [3.05, 3.63) is 12.2 Å². The first-order chi connectivity index (χ1) is 6.00. The summed E-state index contributed by atoms with van der Waals surface area (Å²) in [6, 6.07) is 0. The molecule has 3 nitrogen and oxygen atoms in total. The highest BCUT2D eigenvalue weighted by Gasteiger charge is 1.90. The molecule has 0 aromatic carbocycles. The van der Waals surface area contributed by atoms with Crippen molar-refractivity contribution in [2.24, 2.45) is 0 Å². The largest absolute Gasteiger partial charge is 0.380 e. The van der Waals surface area contributed by atoms with Crippen LogP contribution in [0.5, 0.6) is 0 Å². The van der Waals surface area contributed by atoms with Crippen LogP contribution >= 0.6 is 0 Å². The number of hydrogen-bond donors (Lipinski definition) is 2. The molecule has 0 aromatic rings. The first-order valence-corrected chi connectivity index (χ1v) is 4.64. The van der Waals surface area contributed by atoms with Crippen LogP contribution in [0, 0.1) is 0 Å². The molecule has 0 unspecified atom stereocenters. The average Bonchev–Trinajstić information content (AvgIpc) is 2.05. The molecule has 0 radical (unpaired) electrons. The summed E-state index contributed by atoms with van der Waals surface area (Å²) in [5.74, 6) is 0. The maximum absolute atomic E-state index is 5.37. The molecule has 0 aliphatic carbocycles. The van der Waals surface area contributed by atoms with Crippen LogP contribution in [0.3, 0.4) is 0 Å². The van der Waals surface area contributed by atoms with E-state index in [-0.39, 0.29) is 0 Å². The van der Waals surface area contributed by atoms with E-state index in [1.165, 1.54) is 0 Å². The van der Waals surface area contributed by atoms with E-state index in [1.807, 2.05) is 0 Å². The van der Waals surface area contributed by atoms with Gasteiger partial charge in [0.2, 0.25) is 0 Å². The van der Waals surface area contributed by atoms with Crippen molar-refractivity contribution in [3.63, 3.8) is 0 Å². The molecular formula is C9H18N2O. The molecule has 0 amide bonds. The lowest BCUT2D eigenvalue weighted by molar-refractivity contribution is 0.140. The third kappa shape index (κ3) is 5.29. The molecule has 12 heavy (non-hydrogen) atoms. The highest BCUT2D eigenvalue weighted by molar-refractivity contribution is 4.83. The molecule has 0 saturated heterocycles. The Labute approximate surface area is 74.2 Å². The van der Waals surface area contributed by atoms with Crippen LogP contribution < -0.4 is 10.6 Å². The smallest absolute Gasteiger partial charge is 0.0591 e. The molecule has 1 rings (SSSR count).